The Morgan fingerprint density at radius 1 is 0.344 bits per heavy atom. The van der Waals surface area contributed by atoms with E-state index in [0.717, 1.165) is 0 Å². The Kier molecular flexibility index (Phi) is 19.2. The van der Waals surface area contributed by atoms with Crippen LogP contribution >= 0.6 is 68.0 Å². The minimum atomic E-state index is -2.44. The van der Waals surface area contributed by atoms with E-state index in [1.54, 1.807) is 36.1 Å². The molecule has 0 N–H and O–H groups in total. The van der Waals surface area contributed by atoms with E-state index in [0.29, 0.717) is 0 Å². The molecule has 0 fully saturated rings. The van der Waals surface area contributed by atoms with Gasteiger partial charge in [-0.2, -0.15) is 0 Å². The molecule has 64 heavy (non-hydrogen) atoms. The van der Waals surface area contributed by atoms with Crippen molar-refractivity contribution in [2.75, 3.05) is 0 Å². The minimum Gasteiger partial charge on any atom is -0.0654 e. The molecule has 0 radical (unpaired) electrons. The van der Waals surface area contributed by atoms with Crippen molar-refractivity contribution < 1.29 is 0 Å². The van der Waals surface area contributed by atoms with Crippen molar-refractivity contribution in [3.63, 3.8) is 0 Å². The van der Waals surface area contributed by atoms with Crippen molar-refractivity contribution in [1.29, 1.82) is 0 Å². The van der Waals surface area contributed by atoms with Gasteiger partial charge in [0, 0.05) is 0 Å². The molecule has 7 aromatic rings. The van der Waals surface area contributed by atoms with Crippen LogP contribution in [-0.2, 0) is 25.7 Å². The van der Waals surface area contributed by atoms with Gasteiger partial charge >= 0.3 is 322 Å². The van der Waals surface area contributed by atoms with Gasteiger partial charge < -0.3 is 0 Å². The van der Waals surface area contributed by atoms with Crippen molar-refractivity contribution in [2.45, 2.75) is 186 Å². The molecule has 6 aromatic heterocycles. The third-order valence-electron chi connectivity index (χ3n) is 13.0. The van der Waals surface area contributed by atoms with Crippen LogP contribution in [0.5, 0.6) is 0 Å². The molecule has 8 heteroatoms. The summed E-state index contributed by atoms with van der Waals surface area (Å²) in [4.78, 5) is 27.9. The summed E-state index contributed by atoms with van der Waals surface area (Å²) in [5, 5.41) is 3.04. The molecular weight excluding hydrogens is 1100 g/mol. The van der Waals surface area contributed by atoms with Crippen LogP contribution in [0.3, 0.4) is 0 Å². The number of thiophene rings is 6. The fourth-order valence-corrected chi connectivity index (χ4v) is 27.0. The first kappa shape index (κ1) is 51.4. The van der Waals surface area contributed by atoms with Gasteiger partial charge in [-0.25, -0.2) is 0 Å². The fraction of sp³-hybridized carbons (Fsp3) is 0.536. The van der Waals surface area contributed by atoms with Crippen LogP contribution in [0.15, 0.2) is 48.5 Å². The zero-order chi connectivity index (χ0) is 45.4. The second kappa shape index (κ2) is 23.9. The van der Waals surface area contributed by atoms with Gasteiger partial charge in [-0.05, 0) is 0 Å². The van der Waals surface area contributed by atoms with Crippen molar-refractivity contribution in [1.82, 2.24) is 0 Å². The minimum absolute atomic E-state index is 1.24. The van der Waals surface area contributed by atoms with E-state index in [4.69, 9.17) is 0 Å². The average molecular weight is 1180 g/mol. The molecule has 0 bridgehead atoms. The molecule has 0 amide bonds. The summed E-state index contributed by atoms with van der Waals surface area (Å²) >= 11 is 7.82. The second-order valence-electron chi connectivity index (χ2n) is 20.6. The molecule has 0 aliphatic carbocycles. The van der Waals surface area contributed by atoms with Gasteiger partial charge in [0.15, 0.2) is 0 Å². The first-order valence-electron chi connectivity index (χ1n) is 25.3. The number of hydrogen-bond donors (Lipinski definition) is 0. The maximum atomic E-state index is 2.70. The van der Waals surface area contributed by atoms with Crippen LogP contribution in [-0.4, -0.2) is 36.8 Å². The van der Waals surface area contributed by atoms with Crippen LogP contribution in [0.1, 0.15) is 151 Å². The number of fused-ring (bicyclic) bond motifs is 2. The smallest absolute Gasteiger partial charge is 0.0654 e. The van der Waals surface area contributed by atoms with Crippen LogP contribution < -0.4 is 5.79 Å². The molecule has 0 unspecified atom stereocenters. The van der Waals surface area contributed by atoms with E-state index >= 15 is 0 Å². The molecule has 0 atom stereocenters. The van der Waals surface area contributed by atoms with E-state index in [1.807, 2.05) is 0 Å². The van der Waals surface area contributed by atoms with Crippen LogP contribution in [0, 0.1) is 0 Å². The molecule has 0 nitrogen and oxygen atoms in total. The number of hydrogen-bond acceptors (Lipinski definition) is 6. The molecule has 1 aromatic carbocycles. The first-order valence-corrected chi connectivity index (χ1v) is 50.2. The monoisotopic (exact) mass is 1180 g/mol. The Hall–Kier alpha value is -0.463. The molecule has 0 aliphatic heterocycles. The summed E-state index contributed by atoms with van der Waals surface area (Å²) in [5.41, 5.74) is 6.34. The van der Waals surface area contributed by atoms with Gasteiger partial charge in [0.1, 0.15) is 0 Å². The van der Waals surface area contributed by atoms with Gasteiger partial charge in [-0.3, -0.25) is 0 Å². The first-order chi connectivity index (χ1) is 30.8. The summed E-state index contributed by atoms with van der Waals surface area (Å²) in [6.07, 6.45) is 26.3. The Morgan fingerprint density at radius 2 is 0.688 bits per heavy atom. The summed E-state index contributed by atoms with van der Waals surface area (Å²) in [6.45, 7) is 9.32. The van der Waals surface area contributed by atoms with Crippen LogP contribution in [0.25, 0.3) is 60.6 Å². The Balaban J connectivity index is 1.33. The predicted molar refractivity (Wildman–Crippen MR) is 308 cm³/mol. The second-order valence-corrected chi connectivity index (χ2v) is 58.0. The number of rotatable bonds is 26. The SMILES string of the molecule is CCCCCCc1cc(-c2ccc(-c3c4c[c]([Sn]([CH3])([CH3])[CH3])sc4c(-c4ccc(-c5cc(CCCCCC)c(CCCCCC)s5)s4)c4c[c]([Sn]([CH3])([CH3])[CH3])sc34)s2)sc1CCCCCC. The number of benzene rings is 1. The van der Waals surface area contributed by atoms with Gasteiger partial charge in [0.2, 0.25) is 0 Å². The molecular formula is C56H78S6Sn2. The quantitative estimate of drug-likeness (QED) is 0.0374. The topological polar surface area (TPSA) is 0 Å². The molecule has 0 aliphatic rings. The van der Waals surface area contributed by atoms with Crippen LogP contribution in [0.2, 0.25) is 29.6 Å². The number of unbranched alkanes of at least 4 members (excludes halogenated alkanes) is 12. The average Bonchev–Trinajstić information content (AvgIpc) is 4.12. The maximum absolute atomic E-state index is 2.70. The van der Waals surface area contributed by atoms with Crippen molar-refractivity contribution in [2.24, 2.45) is 0 Å². The molecule has 346 valence electrons. The summed E-state index contributed by atoms with van der Waals surface area (Å²) in [6, 6.07) is 20.6. The van der Waals surface area contributed by atoms with Crippen LogP contribution in [0.4, 0.5) is 0 Å². The fourth-order valence-electron chi connectivity index (χ4n) is 9.14. The molecule has 7 rings (SSSR count). The van der Waals surface area contributed by atoms with Crippen molar-refractivity contribution in [3.05, 3.63) is 69.4 Å². The molecule has 6 heterocycles. The summed E-state index contributed by atoms with van der Waals surface area (Å²) in [7, 11) is 0. The van der Waals surface area contributed by atoms with Crippen molar-refractivity contribution >= 4 is 131 Å². The van der Waals surface area contributed by atoms with Gasteiger partial charge in [0.05, 0.1) is 0 Å². The molecule has 0 saturated heterocycles. The van der Waals surface area contributed by atoms with Gasteiger partial charge in [-0.15, -0.1) is 0 Å². The Bertz CT molecular complexity index is 2260. The zero-order valence-corrected chi connectivity index (χ0v) is 51.8. The van der Waals surface area contributed by atoms with Gasteiger partial charge in [-0.1, -0.05) is 105 Å². The summed E-state index contributed by atoms with van der Waals surface area (Å²) < 4.78 is 6.48. The molecule has 0 saturated carbocycles. The summed E-state index contributed by atoms with van der Waals surface area (Å²) in [5.74, 6) is 0. The third kappa shape index (κ3) is 12.6. The van der Waals surface area contributed by atoms with E-state index < -0.39 is 36.8 Å². The van der Waals surface area contributed by atoms with E-state index in [2.05, 4.69) is 174 Å². The standard InChI is InChI=1S/C50H60S6.6CH3.2Sn/c1-5-9-13-17-21-35-33-45(53-39(35)23-19-15-11-7-3)41-25-27-43(55-41)47-37-29-31-52-50(37)48(38-30-32-51-49(38)47)44-28-26-42(56-44)46-34-36(22-18-14-10-6-2)40(54-46)24-20-16-12-8-4;;;;;;;;/h25-30,33-34H,5-24H2,1-4H3;6*1H3;;. The van der Waals surface area contributed by atoms with E-state index in [-0.39, 0.29) is 0 Å². The van der Waals surface area contributed by atoms with Gasteiger partial charge in [0.25, 0.3) is 0 Å². The normalized spacial score (nSPS) is 12.5. The molecule has 0 spiro atoms. The van der Waals surface area contributed by atoms with E-state index in [1.165, 1.54) is 180 Å². The number of aryl methyl sites for hydroxylation is 4. The third-order valence-corrected chi connectivity index (χ3v) is 39.3. The predicted octanol–water partition coefficient (Wildman–Crippen LogP) is 20.6. The van der Waals surface area contributed by atoms with Crippen molar-refractivity contribution in [3.8, 4) is 40.4 Å². The Labute approximate surface area is 421 Å². The zero-order valence-electron chi connectivity index (χ0n) is 41.2. The Morgan fingerprint density at radius 3 is 1.03 bits per heavy atom. The van der Waals surface area contributed by atoms with E-state index in [9.17, 15) is 0 Å².